The van der Waals surface area contributed by atoms with Crippen molar-refractivity contribution in [2.24, 2.45) is 10.9 Å². The lowest BCUT2D eigenvalue weighted by Gasteiger charge is -2.25. The number of rotatable bonds is 10. The number of aliphatic imine (C=N–C) groups is 1. The third-order valence-corrected chi connectivity index (χ3v) is 6.95. The summed E-state index contributed by atoms with van der Waals surface area (Å²) in [6, 6.07) is 10.5. The van der Waals surface area contributed by atoms with Gasteiger partial charge >= 0.3 is 0 Å². The Hall–Kier alpha value is -1.60. The van der Waals surface area contributed by atoms with E-state index in [1.54, 1.807) is 0 Å². The van der Waals surface area contributed by atoms with Crippen LogP contribution in [0.2, 0.25) is 0 Å². The summed E-state index contributed by atoms with van der Waals surface area (Å²) in [7, 11) is -3.23. The summed E-state index contributed by atoms with van der Waals surface area (Å²) in [6.45, 7) is 4.41. The van der Waals surface area contributed by atoms with Crippen molar-refractivity contribution >= 4 is 16.0 Å². The summed E-state index contributed by atoms with van der Waals surface area (Å²) in [5.74, 6) is 1.28. The molecule has 0 unspecified atom stereocenters. The maximum atomic E-state index is 12.1. The molecule has 2 saturated carbocycles. The van der Waals surface area contributed by atoms with Gasteiger partial charge in [-0.2, -0.15) is 0 Å². The molecule has 0 atom stereocenters. The molecule has 2 aliphatic carbocycles. The van der Waals surface area contributed by atoms with Crippen LogP contribution in [0.15, 0.2) is 35.3 Å². The molecule has 150 valence electrons. The maximum Gasteiger partial charge on any atom is 0.213 e. The van der Waals surface area contributed by atoms with Crippen LogP contribution in [0.25, 0.3) is 0 Å². The molecule has 27 heavy (non-hydrogen) atoms. The van der Waals surface area contributed by atoms with E-state index in [1.165, 1.54) is 12.0 Å². The summed E-state index contributed by atoms with van der Waals surface area (Å²) in [5, 5.41) is 6.38. The van der Waals surface area contributed by atoms with E-state index in [0.29, 0.717) is 25.0 Å². The van der Waals surface area contributed by atoms with Crippen molar-refractivity contribution in [3.8, 4) is 0 Å². The number of hydrogen-bond acceptors (Lipinski definition) is 3. The highest BCUT2D eigenvalue weighted by Crippen LogP contribution is 2.48. The van der Waals surface area contributed by atoms with Crippen molar-refractivity contribution in [3.63, 3.8) is 0 Å². The first-order chi connectivity index (χ1) is 13.0. The van der Waals surface area contributed by atoms with Gasteiger partial charge in [-0.1, -0.05) is 36.8 Å². The van der Waals surface area contributed by atoms with Crippen LogP contribution in [0.5, 0.6) is 0 Å². The molecule has 0 aliphatic heterocycles. The van der Waals surface area contributed by atoms with Crippen LogP contribution in [0.4, 0.5) is 0 Å². The van der Waals surface area contributed by atoms with E-state index in [2.05, 4.69) is 39.6 Å². The summed E-state index contributed by atoms with van der Waals surface area (Å²) < 4.78 is 27.0. The minimum absolute atomic E-state index is 0.0635. The molecule has 1 aromatic carbocycles. The van der Waals surface area contributed by atoms with Crippen LogP contribution in [-0.2, 0) is 15.4 Å². The zero-order valence-electron chi connectivity index (χ0n) is 16.2. The smallest absolute Gasteiger partial charge is 0.213 e. The van der Waals surface area contributed by atoms with Gasteiger partial charge in [-0.05, 0) is 44.1 Å². The Bertz CT molecular complexity index is 726. The van der Waals surface area contributed by atoms with E-state index in [4.69, 9.17) is 4.99 Å². The summed E-state index contributed by atoms with van der Waals surface area (Å²) >= 11 is 0. The van der Waals surface area contributed by atoms with Gasteiger partial charge in [0.15, 0.2) is 5.96 Å². The maximum absolute atomic E-state index is 12.1. The highest BCUT2D eigenvalue weighted by atomic mass is 32.2. The molecule has 0 aromatic heterocycles. The average Bonchev–Trinajstić information content (AvgIpc) is 3.40. The SMILES string of the molecule is CCNC(=NCC1(c2ccccc2)CC1)NCCS(=O)(=O)NCC1CCC1. The third-order valence-electron chi connectivity index (χ3n) is 5.60. The summed E-state index contributed by atoms with van der Waals surface area (Å²) in [6.07, 6.45) is 5.81. The topological polar surface area (TPSA) is 82.6 Å². The number of benzene rings is 1. The zero-order chi connectivity index (χ0) is 19.2. The zero-order valence-corrected chi connectivity index (χ0v) is 17.0. The summed E-state index contributed by atoms with van der Waals surface area (Å²) in [4.78, 5) is 4.72. The van der Waals surface area contributed by atoms with E-state index in [9.17, 15) is 8.42 Å². The largest absolute Gasteiger partial charge is 0.357 e. The number of guanidine groups is 1. The van der Waals surface area contributed by atoms with Crippen molar-refractivity contribution in [1.82, 2.24) is 15.4 Å². The lowest BCUT2D eigenvalue weighted by atomic mass is 9.86. The van der Waals surface area contributed by atoms with Gasteiger partial charge < -0.3 is 10.6 Å². The molecule has 0 spiro atoms. The number of nitrogens with one attached hydrogen (secondary N) is 3. The fourth-order valence-electron chi connectivity index (χ4n) is 3.37. The fraction of sp³-hybridized carbons (Fsp3) is 0.650. The van der Waals surface area contributed by atoms with Gasteiger partial charge in [0, 0.05) is 25.0 Å². The Kier molecular flexibility index (Phi) is 6.76. The lowest BCUT2D eigenvalue weighted by Crippen LogP contribution is -2.42. The predicted octanol–water partition coefficient (Wildman–Crippen LogP) is 1.99. The second-order valence-corrected chi connectivity index (χ2v) is 9.66. The second-order valence-electron chi connectivity index (χ2n) is 7.73. The molecule has 6 nitrogen and oxygen atoms in total. The molecule has 0 bridgehead atoms. The van der Waals surface area contributed by atoms with Gasteiger partial charge in [0.25, 0.3) is 0 Å². The van der Waals surface area contributed by atoms with Crippen molar-refractivity contribution in [2.45, 2.75) is 44.4 Å². The van der Waals surface area contributed by atoms with Crippen LogP contribution in [0.1, 0.15) is 44.6 Å². The molecule has 3 rings (SSSR count). The van der Waals surface area contributed by atoms with E-state index < -0.39 is 10.0 Å². The average molecular weight is 393 g/mol. The number of nitrogens with zero attached hydrogens (tertiary/aromatic N) is 1. The highest BCUT2D eigenvalue weighted by molar-refractivity contribution is 7.89. The molecule has 2 aliphatic rings. The van der Waals surface area contributed by atoms with E-state index in [1.807, 2.05) is 13.0 Å². The monoisotopic (exact) mass is 392 g/mol. The first kappa shape index (κ1) is 20.1. The molecular weight excluding hydrogens is 360 g/mol. The van der Waals surface area contributed by atoms with E-state index in [0.717, 1.165) is 38.8 Å². The quantitative estimate of drug-likeness (QED) is 0.420. The van der Waals surface area contributed by atoms with Gasteiger partial charge in [0.05, 0.1) is 12.3 Å². The first-order valence-corrected chi connectivity index (χ1v) is 11.7. The predicted molar refractivity (Wildman–Crippen MR) is 110 cm³/mol. The molecule has 1 aromatic rings. The van der Waals surface area contributed by atoms with Gasteiger partial charge in [-0.3, -0.25) is 4.99 Å². The fourth-order valence-corrected chi connectivity index (χ4v) is 4.38. The molecule has 0 saturated heterocycles. The molecular formula is C20H32N4O2S. The Morgan fingerprint density at radius 2 is 1.93 bits per heavy atom. The molecule has 7 heteroatoms. The minimum Gasteiger partial charge on any atom is -0.357 e. The van der Waals surface area contributed by atoms with E-state index >= 15 is 0 Å². The highest BCUT2D eigenvalue weighted by Gasteiger charge is 2.43. The molecule has 3 N–H and O–H groups in total. The first-order valence-electron chi connectivity index (χ1n) is 10.1. The van der Waals surface area contributed by atoms with Crippen molar-refractivity contribution in [3.05, 3.63) is 35.9 Å². The molecule has 0 radical (unpaired) electrons. The molecule has 2 fully saturated rings. The van der Waals surface area contributed by atoms with Gasteiger partial charge in [0.2, 0.25) is 10.0 Å². The normalized spacial score (nSPS) is 19.4. The Labute approximate surface area is 163 Å². The summed E-state index contributed by atoms with van der Waals surface area (Å²) in [5.41, 5.74) is 1.49. The minimum atomic E-state index is -3.23. The van der Waals surface area contributed by atoms with Crippen LogP contribution in [0.3, 0.4) is 0 Å². The third kappa shape index (κ3) is 5.94. The molecule has 0 heterocycles. The van der Waals surface area contributed by atoms with Gasteiger partial charge in [-0.15, -0.1) is 0 Å². The second kappa shape index (κ2) is 9.06. The van der Waals surface area contributed by atoms with Crippen LogP contribution in [-0.4, -0.2) is 46.3 Å². The number of hydrogen-bond donors (Lipinski definition) is 3. The Morgan fingerprint density at radius 3 is 2.52 bits per heavy atom. The van der Waals surface area contributed by atoms with Crippen LogP contribution in [0, 0.1) is 5.92 Å². The molecule has 0 amide bonds. The standard InChI is InChI=1S/C20H32N4O2S/c1-2-21-19(22-13-14-27(25,26)24-15-17-7-6-8-17)23-16-20(11-12-20)18-9-4-3-5-10-18/h3-5,9-10,17,24H,2,6-8,11-16H2,1H3,(H2,21,22,23). The lowest BCUT2D eigenvalue weighted by molar-refractivity contribution is 0.316. The van der Waals surface area contributed by atoms with Gasteiger partial charge in [-0.25, -0.2) is 13.1 Å². The van der Waals surface area contributed by atoms with E-state index in [-0.39, 0.29) is 11.2 Å². The van der Waals surface area contributed by atoms with Crippen LogP contribution < -0.4 is 15.4 Å². The Morgan fingerprint density at radius 1 is 1.19 bits per heavy atom. The van der Waals surface area contributed by atoms with Crippen molar-refractivity contribution in [1.29, 1.82) is 0 Å². The van der Waals surface area contributed by atoms with Crippen molar-refractivity contribution in [2.75, 3.05) is 31.9 Å². The van der Waals surface area contributed by atoms with Gasteiger partial charge in [0.1, 0.15) is 0 Å². The van der Waals surface area contributed by atoms with Crippen molar-refractivity contribution < 1.29 is 8.42 Å². The number of sulfonamides is 1. The Balaban J connectivity index is 1.47. The van der Waals surface area contributed by atoms with Crippen LogP contribution >= 0.6 is 0 Å².